The van der Waals surface area contributed by atoms with E-state index in [1.807, 2.05) is 27.7 Å². The average Bonchev–Trinajstić information content (AvgIpc) is 2.52. The lowest BCUT2D eigenvalue weighted by Gasteiger charge is -2.38. The van der Waals surface area contributed by atoms with Crippen LogP contribution in [0.4, 0.5) is 4.79 Å². The third kappa shape index (κ3) is 5.08. The number of likely N-dealkylation sites (N-methyl/N-ethyl adjacent to an activating group) is 1. The van der Waals surface area contributed by atoms with Crippen LogP contribution in [0.1, 0.15) is 49.7 Å². The van der Waals surface area contributed by atoms with Crippen LogP contribution >= 0.6 is 11.6 Å². The number of aromatic nitrogens is 1. The molecule has 0 saturated carbocycles. The zero-order valence-corrected chi connectivity index (χ0v) is 16.3. The lowest BCUT2D eigenvalue weighted by atomic mass is 10.0. The number of piperidine rings is 1. The van der Waals surface area contributed by atoms with Crippen molar-refractivity contribution >= 4 is 23.6 Å². The van der Waals surface area contributed by atoms with Crippen LogP contribution in [0.2, 0.25) is 5.15 Å². The number of carbonyl (C=O) groups is 2. The van der Waals surface area contributed by atoms with Gasteiger partial charge in [0.2, 0.25) is 0 Å². The number of halogens is 1. The maximum atomic E-state index is 12.8. The fourth-order valence-corrected chi connectivity index (χ4v) is 3.07. The SMILES string of the molecule is Cc1ccc(C(=O)N2CCCC(N(C)C(=O)OC(C)(C)C)C2)c(Cl)n1. The van der Waals surface area contributed by atoms with E-state index in [-0.39, 0.29) is 23.2 Å². The second-order valence-electron chi connectivity index (χ2n) is 7.43. The van der Waals surface area contributed by atoms with Crippen molar-refractivity contribution in [2.45, 2.75) is 52.2 Å². The molecular formula is C18H26ClN3O3. The highest BCUT2D eigenvalue weighted by atomic mass is 35.5. The molecule has 2 heterocycles. The number of likely N-dealkylation sites (tertiary alicyclic amines) is 1. The monoisotopic (exact) mass is 367 g/mol. The first-order valence-electron chi connectivity index (χ1n) is 8.46. The van der Waals surface area contributed by atoms with Gasteiger partial charge in [-0.25, -0.2) is 9.78 Å². The fourth-order valence-electron chi connectivity index (χ4n) is 2.79. The second-order valence-corrected chi connectivity index (χ2v) is 7.79. The van der Waals surface area contributed by atoms with Crippen LogP contribution in [-0.4, -0.2) is 58.6 Å². The van der Waals surface area contributed by atoms with Gasteiger partial charge in [0, 0.05) is 25.8 Å². The molecule has 1 aromatic rings. The van der Waals surface area contributed by atoms with Crippen molar-refractivity contribution in [3.63, 3.8) is 0 Å². The molecule has 6 nitrogen and oxygen atoms in total. The van der Waals surface area contributed by atoms with Gasteiger partial charge >= 0.3 is 6.09 Å². The summed E-state index contributed by atoms with van der Waals surface area (Å²) in [6.07, 6.45) is 1.28. The van der Waals surface area contributed by atoms with E-state index >= 15 is 0 Å². The number of hydrogen-bond donors (Lipinski definition) is 0. The Hall–Kier alpha value is -1.82. The summed E-state index contributed by atoms with van der Waals surface area (Å²) >= 11 is 6.12. The molecule has 1 unspecified atom stereocenters. The van der Waals surface area contributed by atoms with Crippen LogP contribution in [0, 0.1) is 6.92 Å². The van der Waals surface area contributed by atoms with Crippen molar-refractivity contribution in [2.24, 2.45) is 0 Å². The quantitative estimate of drug-likeness (QED) is 0.750. The number of pyridine rings is 1. The van der Waals surface area contributed by atoms with E-state index in [0.717, 1.165) is 18.5 Å². The van der Waals surface area contributed by atoms with E-state index in [0.29, 0.717) is 18.7 Å². The number of aryl methyl sites for hydroxylation is 1. The van der Waals surface area contributed by atoms with Crippen molar-refractivity contribution in [1.82, 2.24) is 14.8 Å². The van der Waals surface area contributed by atoms with E-state index in [9.17, 15) is 9.59 Å². The summed E-state index contributed by atoms with van der Waals surface area (Å²) in [5, 5.41) is 0.215. The van der Waals surface area contributed by atoms with Gasteiger partial charge in [0.1, 0.15) is 10.8 Å². The molecule has 25 heavy (non-hydrogen) atoms. The second kappa shape index (κ2) is 7.60. The molecule has 1 aliphatic rings. The first-order chi connectivity index (χ1) is 11.6. The number of amides is 2. The molecule has 1 saturated heterocycles. The van der Waals surface area contributed by atoms with Crippen LogP contribution in [0.25, 0.3) is 0 Å². The molecule has 138 valence electrons. The summed E-state index contributed by atoms with van der Waals surface area (Å²) in [5.41, 5.74) is 0.618. The predicted molar refractivity (Wildman–Crippen MR) is 96.9 cm³/mol. The molecule has 0 spiro atoms. The summed E-state index contributed by atoms with van der Waals surface area (Å²) in [4.78, 5) is 32.5. The van der Waals surface area contributed by atoms with Crippen molar-refractivity contribution in [3.05, 3.63) is 28.5 Å². The highest BCUT2D eigenvalue weighted by molar-refractivity contribution is 6.32. The maximum absolute atomic E-state index is 12.8. The lowest BCUT2D eigenvalue weighted by molar-refractivity contribution is 0.0131. The van der Waals surface area contributed by atoms with E-state index < -0.39 is 5.60 Å². The Kier molecular flexibility index (Phi) is 5.93. The molecule has 1 fully saturated rings. The van der Waals surface area contributed by atoms with Gasteiger partial charge in [0.15, 0.2) is 0 Å². The van der Waals surface area contributed by atoms with Crippen molar-refractivity contribution < 1.29 is 14.3 Å². The topological polar surface area (TPSA) is 62.7 Å². The van der Waals surface area contributed by atoms with E-state index in [1.54, 1.807) is 29.0 Å². The maximum Gasteiger partial charge on any atom is 0.410 e. The number of carbonyl (C=O) groups excluding carboxylic acids is 2. The largest absolute Gasteiger partial charge is 0.444 e. The van der Waals surface area contributed by atoms with Crippen molar-refractivity contribution in [3.8, 4) is 0 Å². The van der Waals surface area contributed by atoms with Gasteiger partial charge in [0.05, 0.1) is 11.6 Å². The van der Waals surface area contributed by atoms with Gasteiger partial charge in [-0.2, -0.15) is 0 Å². The summed E-state index contributed by atoms with van der Waals surface area (Å²) in [7, 11) is 1.72. The molecule has 1 aromatic heterocycles. The minimum atomic E-state index is -0.545. The Balaban J connectivity index is 2.07. The van der Waals surface area contributed by atoms with Gasteiger partial charge < -0.3 is 14.5 Å². The van der Waals surface area contributed by atoms with Crippen LogP contribution in [0.3, 0.4) is 0 Å². The molecule has 0 radical (unpaired) electrons. The molecule has 1 atom stereocenters. The number of rotatable bonds is 2. The smallest absolute Gasteiger partial charge is 0.410 e. The molecule has 0 aromatic carbocycles. The minimum Gasteiger partial charge on any atom is -0.444 e. The molecular weight excluding hydrogens is 342 g/mol. The fraction of sp³-hybridized carbons (Fsp3) is 0.611. The van der Waals surface area contributed by atoms with Gasteiger partial charge in [-0.1, -0.05) is 11.6 Å². The number of ether oxygens (including phenoxy) is 1. The highest BCUT2D eigenvalue weighted by Crippen LogP contribution is 2.22. The highest BCUT2D eigenvalue weighted by Gasteiger charge is 2.31. The minimum absolute atomic E-state index is 0.0790. The lowest BCUT2D eigenvalue weighted by Crippen LogP contribution is -2.51. The third-order valence-electron chi connectivity index (χ3n) is 4.13. The zero-order chi connectivity index (χ0) is 18.8. The molecule has 0 N–H and O–H groups in total. The summed E-state index contributed by atoms with van der Waals surface area (Å²) < 4.78 is 5.42. The van der Waals surface area contributed by atoms with Crippen LogP contribution in [0.5, 0.6) is 0 Å². The van der Waals surface area contributed by atoms with Gasteiger partial charge in [-0.05, 0) is 52.7 Å². The summed E-state index contributed by atoms with van der Waals surface area (Å²) in [6, 6.07) is 3.39. The van der Waals surface area contributed by atoms with E-state index in [2.05, 4.69) is 4.98 Å². The Morgan fingerprint density at radius 2 is 2.04 bits per heavy atom. The third-order valence-corrected chi connectivity index (χ3v) is 4.42. The Morgan fingerprint density at radius 1 is 1.36 bits per heavy atom. The standard InChI is InChI=1S/C18H26ClN3O3/c1-12-8-9-14(15(19)20-12)16(23)22-10-6-7-13(11-22)21(5)17(24)25-18(2,3)4/h8-9,13H,6-7,10-11H2,1-5H3. The van der Waals surface area contributed by atoms with Gasteiger partial charge in [-0.3, -0.25) is 4.79 Å². The van der Waals surface area contributed by atoms with Gasteiger partial charge in [-0.15, -0.1) is 0 Å². The Morgan fingerprint density at radius 3 is 2.64 bits per heavy atom. The van der Waals surface area contributed by atoms with E-state index in [4.69, 9.17) is 16.3 Å². The van der Waals surface area contributed by atoms with Crippen LogP contribution in [0.15, 0.2) is 12.1 Å². The summed E-state index contributed by atoms with van der Waals surface area (Å²) in [5.74, 6) is -0.153. The Bertz CT molecular complexity index is 657. The van der Waals surface area contributed by atoms with Crippen molar-refractivity contribution in [1.29, 1.82) is 0 Å². The molecule has 7 heteroatoms. The predicted octanol–water partition coefficient (Wildman–Crippen LogP) is 3.51. The molecule has 1 aliphatic heterocycles. The van der Waals surface area contributed by atoms with Crippen LogP contribution in [-0.2, 0) is 4.74 Å². The molecule has 0 aliphatic carbocycles. The van der Waals surface area contributed by atoms with Crippen molar-refractivity contribution in [2.75, 3.05) is 20.1 Å². The molecule has 2 amide bonds. The van der Waals surface area contributed by atoms with Gasteiger partial charge in [0.25, 0.3) is 5.91 Å². The average molecular weight is 368 g/mol. The molecule has 0 bridgehead atoms. The first-order valence-corrected chi connectivity index (χ1v) is 8.84. The Labute approximate surface area is 154 Å². The summed E-state index contributed by atoms with van der Waals surface area (Å²) in [6.45, 7) is 8.43. The zero-order valence-electron chi connectivity index (χ0n) is 15.5. The number of hydrogen-bond acceptors (Lipinski definition) is 4. The van der Waals surface area contributed by atoms with E-state index in [1.165, 1.54) is 0 Å². The first kappa shape index (κ1) is 19.5. The molecule has 2 rings (SSSR count). The normalized spacial score (nSPS) is 18.0. The number of nitrogens with zero attached hydrogens (tertiary/aromatic N) is 3. The van der Waals surface area contributed by atoms with Crippen LogP contribution < -0.4 is 0 Å².